The van der Waals surface area contributed by atoms with Crippen LogP contribution in [-0.4, -0.2) is 37.7 Å². The van der Waals surface area contributed by atoms with Crippen LogP contribution in [0.2, 0.25) is 0 Å². The summed E-state index contributed by atoms with van der Waals surface area (Å²) in [5.41, 5.74) is 0.568. The van der Waals surface area contributed by atoms with Crippen LogP contribution in [0.15, 0.2) is 30.3 Å². The first kappa shape index (κ1) is 13.7. The Balaban J connectivity index is 1.89. The van der Waals surface area contributed by atoms with Crippen molar-refractivity contribution in [3.05, 3.63) is 36.2 Å². The molecule has 22 heavy (non-hydrogen) atoms. The van der Waals surface area contributed by atoms with Crippen molar-refractivity contribution in [3.8, 4) is 0 Å². The second-order valence-electron chi connectivity index (χ2n) is 4.63. The van der Waals surface area contributed by atoms with Gasteiger partial charge in [0.2, 0.25) is 17.8 Å². The predicted molar refractivity (Wildman–Crippen MR) is 74.3 cm³/mol. The molecule has 1 aromatic carbocycles. The highest BCUT2D eigenvalue weighted by Gasteiger charge is 2.34. The molecule has 9 nitrogen and oxygen atoms in total. The molecule has 2 amide bonds. The van der Waals surface area contributed by atoms with Crippen LogP contribution < -0.4 is 10.6 Å². The monoisotopic (exact) mass is 301 g/mol. The van der Waals surface area contributed by atoms with Crippen molar-refractivity contribution in [3.63, 3.8) is 0 Å². The van der Waals surface area contributed by atoms with Gasteiger partial charge >= 0.3 is 5.97 Å². The topological polar surface area (TPSA) is 126 Å². The van der Waals surface area contributed by atoms with Gasteiger partial charge in [-0.1, -0.05) is 18.2 Å². The zero-order chi connectivity index (χ0) is 15.7. The summed E-state index contributed by atoms with van der Waals surface area (Å²) in [5, 5.41) is 17.7. The number of anilines is 2. The molecule has 3 rings (SSSR count). The summed E-state index contributed by atoms with van der Waals surface area (Å²) < 4.78 is 1.11. The largest absolute Gasteiger partial charge is 0.475 e. The van der Waals surface area contributed by atoms with Gasteiger partial charge in [-0.25, -0.2) is 9.48 Å². The Kier molecular flexibility index (Phi) is 3.30. The molecule has 0 unspecified atom stereocenters. The van der Waals surface area contributed by atoms with E-state index in [1.165, 1.54) is 0 Å². The van der Waals surface area contributed by atoms with Gasteiger partial charge in [0.25, 0.3) is 5.82 Å². The Hall–Kier alpha value is -3.23. The number of rotatable bonds is 3. The standard InChI is InChI=1S/C13H11N5O4/c19-9-6-8(11(20)14-7-4-2-1-3-5-7)18-13(15-9)16-10(17-18)12(21)22/h1-5,8H,6H2,(H,14,20)(H,21,22)(H,15,16,17,19)/t8-/m0/s1. The minimum atomic E-state index is -1.33. The SMILES string of the molecule is O=C1C[C@@H](C(=O)Nc2ccccc2)n2nc(C(=O)O)nc2N1. The van der Waals surface area contributed by atoms with E-state index in [4.69, 9.17) is 5.11 Å². The number of carbonyl (C=O) groups excluding carboxylic acids is 2. The number of aromatic nitrogens is 3. The molecule has 0 fully saturated rings. The molecule has 3 N–H and O–H groups in total. The summed E-state index contributed by atoms with van der Waals surface area (Å²) in [5.74, 6) is -2.76. The summed E-state index contributed by atoms with van der Waals surface area (Å²) in [6.07, 6.45) is -0.145. The third-order valence-corrected chi connectivity index (χ3v) is 3.09. The zero-order valence-electron chi connectivity index (χ0n) is 11.2. The van der Waals surface area contributed by atoms with Gasteiger partial charge in [0.15, 0.2) is 0 Å². The van der Waals surface area contributed by atoms with Gasteiger partial charge in [-0.05, 0) is 12.1 Å². The first-order valence-electron chi connectivity index (χ1n) is 6.40. The number of carbonyl (C=O) groups is 3. The lowest BCUT2D eigenvalue weighted by Crippen LogP contribution is -2.36. The number of aromatic carboxylic acids is 1. The second kappa shape index (κ2) is 5.28. The van der Waals surface area contributed by atoms with Crippen LogP contribution in [0.5, 0.6) is 0 Å². The Morgan fingerprint density at radius 1 is 1.32 bits per heavy atom. The van der Waals surface area contributed by atoms with E-state index in [1.54, 1.807) is 30.3 Å². The normalized spacial score (nSPS) is 16.5. The van der Waals surface area contributed by atoms with E-state index in [-0.39, 0.29) is 12.4 Å². The van der Waals surface area contributed by atoms with Gasteiger partial charge in [-0.15, -0.1) is 5.10 Å². The van der Waals surface area contributed by atoms with Crippen molar-refractivity contribution >= 4 is 29.4 Å². The Morgan fingerprint density at radius 2 is 2.05 bits per heavy atom. The summed E-state index contributed by atoms with van der Waals surface area (Å²) in [6.45, 7) is 0. The van der Waals surface area contributed by atoms with E-state index >= 15 is 0 Å². The molecule has 112 valence electrons. The number of nitrogens with one attached hydrogen (secondary N) is 2. The van der Waals surface area contributed by atoms with Gasteiger partial charge in [0.05, 0.1) is 6.42 Å². The first-order chi connectivity index (χ1) is 10.5. The second-order valence-corrected chi connectivity index (χ2v) is 4.63. The van der Waals surface area contributed by atoms with Crippen molar-refractivity contribution in [2.45, 2.75) is 12.5 Å². The quantitative estimate of drug-likeness (QED) is 0.757. The van der Waals surface area contributed by atoms with Crippen LogP contribution in [0.1, 0.15) is 23.1 Å². The van der Waals surface area contributed by atoms with Crippen LogP contribution in [0.3, 0.4) is 0 Å². The first-order valence-corrected chi connectivity index (χ1v) is 6.40. The molecule has 2 aromatic rings. The van der Waals surface area contributed by atoms with Crippen molar-refractivity contribution < 1.29 is 19.5 Å². The molecule has 0 radical (unpaired) electrons. The fourth-order valence-electron chi connectivity index (χ4n) is 2.11. The van der Waals surface area contributed by atoms with E-state index in [0.29, 0.717) is 5.69 Å². The number of carboxylic acid groups (broad SMARTS) is 1. The van der Waals surface area contributed by atoms with Crippen molar-refractivity contribution in [1.82, 2.24) is 14.8 Å². The number of para-hydroxylation sites is 1. The highest BCUT2D eigenvalue weighted by Crippen LogP contribution is 2.24. The highest BCUT2D eigenvalue weighted by atomic mass is 16.4. The van der Waals surface area contributed by atoms with Gasteiger partial charge < -0.3 is 10.4 Å². The molecule has 0 saturated carbocycles. The highest BCUT2D eigenvalue weighted by molar-refractivity contribution is 6.01. The maximum Gasteiger partial charge on any atom is 0.375 e. The molecule has 1 aromatic heterocycles. The van der Waals surface area contributed by atoms with E-state index in [1.807, 2.05) is 0 Å². The van der Waals surface area contributed by atoms with Crippen LogP contribution in [0.25, 0.3) is 0 Å². The lowest BCUT2D eigenvalue weighted by Gasteiger charge is -2.22. The number of hydrogen-bond donors (Lipinski definition) is 3. The van der Waals surface area contributed by atoms with Crippen LogP contribution >= 0.6 is 0 Å². The number of hydrogen-bond acceptors (Lipinski definition) is 5. The average molecular weight is 301 g/mol. The Morgan fingerprint density at radius 3 is 2.73 bits per heavy atom. The van der Waals surface area contributed by atoms with Crippen LogP contribution in [-0.2, 0) is 9.59 Å². The molecule has 9 heteroatoms. The van der Waals surface area contributed by atoms with Gasteiger partial charge in [-0.3, -0.25) is 14.9 Å². The van der Waals surface area contributed by atoms with Gasteiger partial charge in [0, 0.05) is 5.69 Å². The summed E-state index contributed by atoms with van der Waals surface area (Å²) >= 11 is 0. The third-order valence-electron chi connectivity index (χ3n) is 3.09. The molecule has 0 saturated heterocycles. The number of nitrogens with zero attached hydrogens (tertiary/aromatic N) is 3. The van der Waals surface area contributed by atoms with Crippen molar-refractivity contribution in [1.29, 1.82) is 0 Å². The zero-order valence-corrected chi connectivity index (χ0v) is 11.2. The van der Waals surface area contributed by atoms with Crippen molar-refractivity contribution in [2.75, 3.05) is 10.6 Å². The maximum atomic E-state index is 12.3. The Labute approximate surface area is 124 Å². The molecule has 2 heterocycles. The number of amides is 2. The molecular formula is C13H11N5O4. The van der Waals surface area contributed by atoms with Crippen LogP contribution in [0.4, 0.5) is 11.6 Å². The third kappa shape index (κ3) is 2.51. The van der Waals surface area contributed by atoms with E-state index in [0.717, 1.165) is 4.68 Å². The van der Waals surface area contributed by atoms with Crippen molar-refractivity contribution in [2.24, 2.45) is 0 Å². The maximum absolute atomic E-state index is 12.3. The van der Waals surface area contributed by atoms with E-state index < -0.39 is 29.6 Å². The molecular weight excluding hydrogens is 290 g/mol. The fourth-order valence-corrected chi connectivity index (χ4v) is 2.11. The van der Waals surface area contributed by atoms with E-state index in [9.17, 15) is 14.4 Å². The number of benzene rings is 1. The minimum absolute atomic E-state index is 0.0538. The Bertz CT molecular complexity index is 755. The lowest BCUT2D eigenvalue weighted by atomic mass is 10.1. The summed E-state index contributed by atoms with van der Waals surface area (Å²) in [4.78, 5) is 38.6. The van der Waals surface area contributed by atoms with Crippen LogP contribution in [0, 0.1) is 0 Å². The molecule has 1 aliphatic rings. The lowest BCUT2D eigenvalue weighted by molar-refractivity contribution is -0.125. The van der Waals surface area contributed by atoms with Gasteiger partial charge in [0.1, 0.15) is 6.04 Å². The number of carboxylic acids is 1. The molecule has 1 atom stereocenters. The van der Waals surface area contributed by atoms with E-state index in [2.05, 4.69) is 20.7 Å². The summed E-state index contributed by atoms with van der Waals surface area (Å²) in [7, 11) is 0. The van der Waals surface area contributed by atoms with Gasteiger partial charge in [-0.2, -0.15) is 4.98 Å². The molecule has 0 bridgehead atoms. The fraction of sp³-hybridized carbons (Fsp3) is 0.154. The predicted octanol–water partition coefficient (Wildman–Crippen LogP) is 0.498. The smallest absolute Gasteiger partial charge is 0.375 e. The number of fused-ring (bicyclic) bond motifs is 1. The summed E-state index contributed by atoms with van der Waals surface area (Å²) in [6, 6.07) is 7.76. The minimum Gasteiger partial charge on any atom is -0.475 e. The molecule has 1 aliphatic heterocycles. The average Bonchev–Trinajstić information content (AvgIpc) is 2.91. The molecule has 0 aliphatic carbocycles. The molecule has 0 spiro atoms.